The minimum absolute atomic E-state index is 0.312. The van der Waals surface area contributed by atoms with Crippen LogP contribution in [0.3, 0.4) is 0 Å². The molecule has 1 aliphatic rings. The van der Waals surface area contributed by atoms with Gasteiger partial charge in [0.25, 0.3) is 0 Å². The zero-order chi connectivity index (χ0) is 35.9. The first-order valence-electron chi connectivity index (χ1n) is 13.9. The number of halogens is 6. The van der Waals surface area contributed by atoms with Crippen molar-refractivity contribution in [1.29, 1.82) is 0 Å². The Morgan fingerprint density at radius 2 is 1.62 bits per heavy atom. The van der Waals surface area contributed by atoms with E-state index >= 15 is 0 Å². The van der Waals surface area contributed by atoms with E-state index in [0.29, 0.717) is 24.6 Å². The molecular formula is C29H33F6N5O8. The summed E-state index contributed by atoms with van der Waals surface area (Å²) in [5.41, 5.74) is 4.48. The fraction of sp³-hybridized carbons (Fsp3) is 0.379. The third-order valence-electron chi connectivity index (χ3n) is 6.21. The van der Waals surface area contributed by atoms with E-state index in [2.05, 4.69) is 25.7 Å². The zero-order valence-electron chi connectivity index (χ0n) is 25.6. The number of H-pyrrole nitrogens is 1. The molecule has 1 saturated heterocycles. The number of hydrogen-bond acceptors (Lipinski definition) is 8. The maximum absolute atomic E-state index is 12.6. The van der Waals surface area contributed by atoms with Gasteiger partial charge in [0.15, 0.2) is 0 Å². The van der Waals surface area contributed by atoms with Gasteiger partial charge in [-0.15, -0.1) is 0 Å². The van der Waals surface area contributed by atoms with E-state index in [4.69, 9.17) is 34.0 Å². The molecule has 0 radical (unpaired) electrons. The molecule has 0 bridgehead atoms. The van der Waals surface area contributed by atoms with Crippen LogP contribution in [-0.4, -0.2) is 102 Å². The van der Waals surface area contributed by atoms with E-state index in [1.165, 1.54) is 0 Å². The number of rotatable bonds is 9. The Bertz CT molecular complexity index is 1470. The van der Waals surface area contributed by atoms with Crippen LogP contribution in [0.25, 0.3) is 11.1 Å². The summed E-state index contributed by atoms with van der Waals surface area (Å²) >= 11 is 0. The van der Waals surface area contributed by atoms with Gasteiger partial charge in [-0.1, -0.05) is 18.2 Å². The van der Waals surface area contributed by atoms with Gasteiger partial charge >= 0.3 is 30.3 Å². The molecule has 0 atom stereocenters. The van der Waals surface area contributed by atoms with Crippen LogP contribution >= 0.6 is 0 Å². The van der Waals surface area contributed by atoms with E-state index in [1.807, 2.05) is 49.4 Å². The molecule has 0 spiro atoms. The Balaban J connectivity index is 0.000000479. The van der Waals surface area contributed by atoms with Gasteiger partial charge in [-0.25, -0.2) is 14.4 Å². The Morgan fingerprint density at radius 3 is 2.17 bits per heavy atom. The van der Waals surface area contributed by atoms with Crippen molar-refractivity contribution in [3.63, 3.8) is 0 Å². The van der Waals surface area contributed by atoms with Gasteiger partial charge < -0.3 is 35.1 Å². The average molecular weight is 694 g/mol. The lowest BCUT2D eigenvalue weighted by Crippen LogP contribution is -2.38. The summed E-state index contributed by atoms with van der Waals surface area (Å²) in [5, 5.41) is 27.1. The molecular weight excluding hydrogens is 660 g/mol. The Labute approximate surface area is 269 Å². The molecule has 264 valence electrons. The number of anilines is 1. The van der Waals surface area contributed by atoms with Gasteiger partial charge in [-0.2, -0.15) is 31.4 Å². The number of urea groups is 1. The normalized spacial score (nSPS) is 13.2. The highest BCUT2D eigenvalue weighted by atomic mass is 19.4. The molecule has 3 aromatic rings. The first kappa shape index (κ1) is 39.1. The van der Waals surface area contributed by atoms with Gasteiger partial charge in [-0.3, -0.25) is 10.00 Å². The minimum Gasteiger partial charge on any atom is -0.497 e. The topological polar surface area (TPSA) is 175 Å². The van der Waals surface area contributed by atoms with Gasteiger partial charge in [0.05, 0.1) is 32.2 Å². The highest BCUT2D eigenvalue weighted by Crippen LogP contribution is 2.32. The van der Waals surface area contributed by atoms with Crippen LogP contribution in [0.4, 0.5) is 36.8 Å². The molecule has 1 fully saturated rings. The summed E-state index contributed by atoms with van der Waals surface area (Å²) in [6, 6.07) is 13.0. The van der Waals surface area contributed by atoms with Crippen LogP contribution in [-0.2, 0) is 20.9 Å². The molecule has 1 aliphatic heterocycles. The number of aromatic nitrogens is 2. The summed E-state index contributed by atoms with van der Waals surface area (Å²) in [6.07, 6.45) is -8.38. The molecule has 2 amide bonds. The molecule has 1 aromatic heterocycles. The van der Waals surface area contributed by atoms with Gasteiger partial charge in [-0.05, 0) is 42.3 Å². The lowest BCUT2D eigenvalue weighted by molar-refractivity contribution is -0.193. The van der Waals surface area contributed by atoms with Crippen LogP contribution in [0.2, 0.25) is 0 Å². The van der Waals surface area contributed by atoms with Crippen LogP contribution in [0.5, 0.6) is 11.5 Å². The van der Waals surface area contributed by atoms with Crippen molar-refractivity contribution in [2.75, 3.05) is 51.9 Å². The van der Waals surface area contributed by atoms with Crippen LogP contribution in [0, 0.1) is 6.92 Å². The third-order valence-corrected chi connectivity index (χ3v) is 6.21. The van der Waals surface area contributed by atoms with Crippen LogP contribution in [0.1, 0.15) is 11.3 Å². The van der Waals surface area contributed by atoms with Crippen molar-refractivity contribution in [3.8, 4) is 22.6 Å². The number of alkyl halides is 6. The SMILES string of the molecule is COc1cccc(CNC(=O)Nc2ccc(-c3cn[nH]c3C)cc2OCCN2CCOCC2)c1.O=C(O)C(F)(F)F.O=C(O)C(F)(F)F. The number of carbonyl (C=O) groups is 3. The first-order valence-corrected chi connectivity index (χ1v) is 13.9. The quantitative estimate of drug-likeness (QED) is 0.198. The minimum atomic E-state index is -5.08. The molecule has 0 unspecified atom stereocenters. The monoisotopic (exact) mass is 693 g/mol. The maximum atomic E-state index is 12.6. The van der Waals surface area contributed by atoms with Crippen molar-refractivity contribution in [1.82, 2.24) is 20.4 Å². The Kier molecular flexibility index (Phi) is 15.0. The lowest BCUT2D eigenvalue weighted by Gasteiger charge is -2.26. The third kappa shape index (κ3) is 13.8. The number of nitrogens with one attached hydrogen (secondary N) is 3. The number of carboxylic acid groups (broad SMARTS) is 2. The predicted molar refractivity (Wildman–Crippen MR) is 158 cm³/mol. The summed E-state index contributed by atoms with van der Waals surface area (Å²) in [7, 11) is 1.62. The number of aromatic amines is 1. The van der Waals surface area contributed by atoms with Crippen LogP contribution < -0.4 is 20.1 Å². The molecule has 19 heteroatoms. The van der Waals surface area contributed by atoms with Crippen molar-refractivity contribution in [2.45, 2.75) is 25.8 Å². The van der Waals surface area contributed by atoms with E-state index in [-0.39, 0.29) is 6.03 Å². The number of aliphatic carboxylic acids is 2. The van der Waals surface area contributed by atoms with E-state index in [0.717, 1.165) is 61.0 Å². The molecule has 48 heavy (non-hydrogen) atoms. The van der Waals surface area contributed by atoms with Gasteiger partial charge in [0.2, 0.25) is 0 Å². The number of hydrogen-bond donors (Lipinski definition) is 5. The second-order valence-electron chi connectivity index (χ2n) is 9.69. The molecule has 4 rings (SSSR count). The predicted octanol–water partition coefficient (Wildman–Crippen LogP) is 4.69. The molecule has 5 N–H and O–H groups in total. The van der Waals surface area contributed by atoms with Crippen molar-refractivity contribution >= 4 is 23.7 Å². The Morgan fingerprint density at radius 1 is 1.00 bits per heavy atom. The standard InChI is InChI=1S/C25H31N5O4.2C2HF3O2/c1-18-22(17-27-29-18)20-6-7-23(24(15-20)34-13-10-30-8-11-33-12-9-30)28-25(31)26-16-19-4-3-5-21(14-19)32-2;2*3-2(4,5)1(6)7/h3-7,14-15,17H,8-13,16H2,1-2H3,(H,27,29)(H2,26,28,31);2*(H,6,7). The number of methoxy groups -OCH3 is 1. The van der Waals surface area contributed by atoms with Gasteiger partial charge in [0, 0.05) is 37.4 Å². The van der Waals surface area contributed by atoms with Crippen molar-refractivity contribution in [3.05, 3.63) is 59.9 Å². The molecule has 13 nitrogen and oxygen atoms in total. The number of nitrogens with zero attached hydrogens (tertiary/aromatic N) is 2. The number of amides is 2. The fourth-order valence-corrected chi connectivity index (χ4v) is 3.80. The fourth-order valence-electron chi connectivity index (χ4n) is 3.80. The highest BCUT2D eigenvalue weighted by molar-refractivity contribution is 5.91. The summed E-state index contributed by atoms with van der Waals surface area (Å²) in [6.45, 7) is 6.94. The van der Waals surface area contributed by atoms with E-state index in [1.54, 1.807) is 13.3 Å². The highest BCUT2D eigenvalue weighted by Gasteiger charge is 2.38. The molecule has 0 aliphatic carbocycles. The molecule has 0 saturated carbocycles. The van der Waals surface area contributed by atoms with Crippen LogP contribution in [0.15, 0.2) is 48.7 Å². The second kappa shape index (κ2) is 18.3. The van der Waals surface area contributed by atoms with E-state index in [9.17, 15) is 31.1 Å². The second-order valence-corrected chi connectivity index (χ2v) is 9.69. The van der Waals surface area contributed by atoms with Crippen molar-refractivity contribution in [2.24, 2.45) is 0 Å². The maximum Gasteiger partial charge on any atom is 0.490 e. The lowest BCUT2D eigenvalue weighted by atomic mass is 10.1. The zero-order valence-corrected chi connectivity index (χ0v) is 25.6. The number of benzene rings is 2. The van der Waals surface area contributed by atoms with Crippen molar-refractivity contribution < 1.29 is 65.1 Å². The number of carbonyl (C=O) groups excluding carboxylic acids is 1. The number of aryl methyl sites for hydroxylation is 1. The Hall–Kier alpha value is -5.04. The first-order chi connectivity index (χ1) is 22.5. The smallest absolute Gasteiger partial charge is 0.490 e. The summed E-state index contributed by atoms with van der Waals surface area (Å²) in [4.78, 5) is 32.7. The van der Waals surface area contributed by atoms with E-state index < -0.39 is 24.3 Å². The molecule has 2 aromatic carbocycles. The number of carboxylic acids is 2. The molecule has 2 heterocycles. The summed E-state index contributed by atoms with van der Waals surface area (Å²) in [5.74, 6) is -4.15. The largest absolute Gasteiger partial charge is 0.497 e. The number of ether oxygens (including phenoxy) is 3. The number of morpholine rings is 1. The van der Waals surface area contributed by atoms with Gasteiger partial charge in [0.1, 0.15) is 18.1 Å². The summed E-state index contributed by atoms with van der Waals surface area (Å²) < 4.78 is 80.3. The average Bonchev–Trinajstić information content (AvgIpc) is 3.46.